The summed E-state index contributed by atoms with van der Waals surface area (Å²) in [7, 11) is 0. The normalized spacial score (nSPS) is 10.3. The zero-order valence-corrected chi connectivity index (χ0v) is 12.4. The number of nitrogens with two attached hydrogens (primary N) is 1. The van der Waals surface area contributed by atoms with Crippen molar-refractivity contribution in [1.29, 1.82) is 0 Å². The van der Waals surface area contributed by atoms with Gasteiger partial charge < -0.3 is 10.5 Å². The van der Waals surface area contributed by atoms with Gasteiger partial charge in [-0.15, -0.1) is 0 Å². The summed E-state index contributed by atoms with van der Waals surface area (Å²) in [4.78, 5) is 13.8. The molecule has 0 unspecified atom stereocenters. The summed E-state index contributed by atoms with van der Waals surface area (Å²) in [6.07, 6.45) is 0. The van der Waals surface area contributed by atoms with Gasteiger partial charge in [0.05, 0.1) is 17.9 Å². The third-order valence-corrected chi connectivity index (χ3v) is 4.13. The Kier molecular flexibility index (Phi) is 4.69. The highest BCUT2D eigenvalue weighted by atomic mass is 32.2. The van der Waals surface area contributed by atoms with Crippen LogP contribution in [0, 0.1) is 6.92 Å². The molecule has 2 N–H and O–H groups in total. The molecule has 0 fully saturated rings. The first-order valence-corrected chi connectivity index (χ1v) is 7.24. The van der Waals surface area contributed by atoms with Crippen molar-refractivity contribution in [2.24, 2.45) is 0 Å². The number of anilines is 1. The molecule has 2 aromatic carbocycles. The van der Waals surface area contributed by atoms with E-state index in [0.717, 1.165) is 9.79 Å². The summed E-state index contributed by atoms with van der Waals surface area (Å²) >= 11 is 1.56. The summed E-state index contributed by atoms with van der Waals surface area (Å²) in [6.45, 7) is 4.17. The number of carbonyl (C=O) groups excluding carboxylic acids is 1. The SMILES string of the molecule is CCOC(=O)c1cccc(Sc2ccccc2C)c1N. The minimum absolute atomic E-state index is 0.341. The van der Waals surface area contributed by atoms with Crippen LogP contribution in [0.5, 0.6) is 0 Å². The molecule has 0 heterocycles. The van der Waals surface area contributed by atoms with E-state index in [-0.39, 0.29) is 5.97 Å². The van der Waals surface area contributed by atoms with Crippen LogP contribution in [0.1, 0.15) is 22.8 Å². The summed E-state index contributed by atoms with van der Waals surface area (Å²) in [5.41, 5.74) is 8.16. The van der Waals surface area contributed by atoms with Crippen LogP contribution in [0.4, 0.5) is 5.69 Å². The molecule has 0 aliphatic heterocycles. The van der Waals surface area contributed by atoms with E-state index in [2.05, 4.69) is 0 Å². The number of benzene rings is 2. The van der Waals surface area contributed by atoms with E-state index in [1.165, 1.54) is 5.56 Å². The van der Waals surface area contributed by atoms with Gasteiger partial charge in [0.2, 0.25) is 0 Å². The summed E-state index contributed by atoms with van der Waals surface area (Å²) < 4.78 is 5.01. The average molecular weight is 287 g/mol. The minimum Gasteiger partial charge on any atom is -0.462 e. The maximum atomic E-state index is 11.8. The Bertz CT molecular complexity index is 626. The fraction of sp³-hybridized carbons (Fsp3) is 0.188. The van der Waals surface area contributed by atoms with Crippen molar-refractivity contribution >= 4 is 23.4 Å². The number of nitrogen functional groups attached to an aromatic ring is 1. The second-order valence-electron chi connectivity index (χ2n) is 4.31. The lowest BCUT2D eigenvalue weighted by Gasteiger charge is -2.11. The van der Waals surface area contributed by atoms with E-state index in [1.54, 1.807) is 24.8 Å². The molecule has 0 atom stereocenters. The zero-order valence-electron chi connectivity index (χ0n) is 11.6. The first kappa shape index (κ1) is 14.5. The van der Waals surface area contributed by atoms with Crippen LogP contribution in [-0.2, 0) is 4.74 Å². The van der Waals surface area contributed by atoms with Crippen LogP contribution in [-0.4, -0.2) is 12.6 Å². The Labute approximate surface area is 123 Å². The molecule has 0 aliphatic carbocycles. The fourth-order valence-corrected chi connectivity index (χ4v) is 2.79. The van der Waals surface area contributed by atoms with E-state index >= 15 is 0 Å². The van der Waals surface area contributed by atoms with Crippen molar-refractivity contribution in [2.75, 3.05) is 12.3 Å². The molecule has 104 valence electrons. The number of rotatable bonds is 4. The summed E-state index contributed by atoms with van der Waals surface area (Å²) in [6, 6.07) is 13.5. The first-order valence-electron chi connectivity index (χ1n) is 6.42. The van der Waals surface area contributed by atoms with Crippen molar-refractivity contribution in [3.63, 3.8) is 0 Å². The monoisotopic (exact) mass is 287 g/mol. The Morgan fingerprint density at radius 1 is 1.15 bits per heavy atom. The molecule has 2 rings (SSSR count). The first-order chi connectivity index (χ1) is 9.63. The van der Waals surface area contributed by atoms with Crippen molar-refractivity contribution < 1.29 is 9.53 Å². The molecule has 0 radical (unpaired) electrons. The number of hydrogen-bond acceptors (Lipinski definition) is 4. The molecular formula is C16H17NO2S. The number of ether oxygens (including phenoxy) is 1. The highest BCUT2D eigenvalue weighted by Crippen LogP contribution is 2.35. The maximum Gasteiger partial charge on any atom is 0.340 e. The minimum atomic E-state index is -0.378. The second kappa shape index (κ2) is 6.48. The number of hydrogen-bond donors (Lipinski definition) is 1. The van der Waals surface area contributed by atoms with Crippen molar-refractivity contribution in [1.82, 2.24) is 0 Å². The Balaban J connectivity index is 2.32. The van der Waals surface area contributed by atoms with Gasteiger partial charge in [0, 0.05) is 9.79 Å². The smallest absolute Gasteiger partial charge is 0.340 e. The molecule has 0 aliphatic rings. The van der Waals surface area contributed by atoms with Gasteiger partial charge in [0.15, 0.2) is 0 Å². The predicted molar refractivity (Wildman–Crippen MR) is 82.1 cm³/mol. The zero-order chi connectivity index (χ0) is 14.5. The topological polar surface area (TPSA) is 52.3 Å². The van der Waals surface area contributed by atoms with E-state index in [9.17, 15) is 4.79 Å². The fourth-order valence-electron chi connectivity index (χ4n) is 1.81. The van der Waals surface area contributed by atoms with Gasteiger partial charge in [-0.2, -0.15) is 0 Å². The molecule has 0 spiro atoms. The number of para-hydroxylation sites is 1. The van der Waals surface area contributed by atoms with Crippen molar-refractivity contribution in [3.05, 3.63) is 53.6 Å². The van der Waals surface area contributed by atoms with Crippen LogP contribution in [0.25, 0.3) is 0 Å². The van der Waals surface area contributed by atoms with E-state index < -0.39 is 0 Å². The lowest BCUT2D eigenvalue weighted by Crippen LogP contribution is -2.08. The van der Waals surface area contributed by atoms with Crippen molar-refractivity contribution in [3.8, 4) is 0 Å². The molecular weight excluding hydrogens is 270 g/mol. The lowest BCUT2D eigenvalue weighted by atomic mass is 10.2. The molecule has 3 nitrogen and oxygen atoms in total. The quantitative estimate of drug-likeness (QED) is 0.684. The number of esters is 1. The largest absolute Gasteiger partial charge is 0.462 e. The van der Waals surface area contributed by atoms with Gasteiger partial charge in [-0.1, -0.05) is 36.0 Å². The van der Waals surface area contributed by atoms with Gasteiger partial charge >= 0.3 is 5.97 Å². The van der Waals surface area contributed by atoms with Gasteiger partial charge in [0.1, 0.15) is 0 Å². The molecule has 20 heavy (non-hydrogen) atoms. The van der Waals surface area contributed by atoms with Gasteiger partial charge in [-0.3, -0.25) is 0 Å². The summed E-state index contributed by atoms with van der Waals surface area (Å²) in [5.74, 6) is -0.378. The number of carbonyl (C=O) groups is 1. The third kappa shape index (κ3) is 3.14. The molecule has 2 aromatic rings. The average Bonchev–Trinajstić information content (AvgIpc) is 2.43. The highest BCUT2D eigenvalue weighted by molar-refractivity contribution is 7.99. The highest BCUT2D eigenvalue weighted by Gasteiger charge is 2.14. The Hall–Kier alpha value is -1.94. The third-order valence-electron chi connectivity index (χ3n) is 2.87. The van der Waals surface area contributed by atoms with Crippen LogP contribution in [0.3, 0.4) is 0 Å². The van der Waals surface area contributed by atoms with Crippen molar-refractivity contribution in [2.45, 2.75) is 23.6 Å². The summed E-state index contributed by atoms with van der Waals surface area (Å²) in [5, 5.41) is 0. The van der Waals surface area contributed by atoms with Crippen LogP contribution in [0.15, 0.2) is 52.3 Å². The number of aryl methyl sites for hydroxylation is 1. The van der Waals surface area contributed by atoms with Gasteiger partial charge in [-0.25, -0.2) is 4.79 Å². The molecule has 0 amide bonds. The van der Waals surface area contributed by atoms with Crippen LogP contribution < -0.4 is 5.73 Å². The molecule has 0 bridgehead atoms. The Morgan fingerprint density at radius 3 is 2.55 bits per heavy atom. The standard InChI is InChI=1S/C16H17NO2S/c1-3-19-16(18)12-8-6-10-14(15(12)17)20-13-9-5-4-7-11(13)2/h4-10H,3,17H2,1-2H3. The van der Waals surface area contributed by atoms with E-state index in [4.69, 9.17) is 10.5 Å². The predicted octanol–water partition coefficient (Wildman–Crippen LogP) is 3.91. The van der Waals surface area contributed by atoms with Crippen LogP contribution in [0.2, 0.25) is 0 Å². The van der Waals surface area contributed by atoms with Gasteiger partial charge in [0.25, 0.3) is 0 Å². The molecule has 0 saturated carbocycles. The molecule has 0 saturated heterocycles. The molecule has 0 aromatic heterocycles. The van der Waals surface area contributed by atoms with Gasteiger partial charge in [-0.05, 0) is 37.6 Å². The maximum absolute atomic E-state index is 11.8. The second-order valence-corrected chi connectivity index (χ2v) is 5.39. The van der Waals surface area contributed by atoms with E-state index in [0.29, 0.717) is 17.9 Å². The van der Waals surface area contributed by atoms with E-state index in [1.807, 2.05) is 43.3 Å². The van der Waals surface area contributed by atoms with Crippen LogP contribution >= 0.6 is 11.8 Å². The molecule has 4 heteroatoms. The lowest BCUT2D eigenvalue weighted by molar-refractivity contribution is 0.0527. The Morgan fingerprint density at radius 2 is 1.85 bits per heavy atom.